The van der Waals surface area contributed by atoms with Crippen molar-refractivity contribution in [2.75, 3.05) is 38.5 Å². The number of alkyl carbamates (subject to hydrolysis) is 1. The molecule has 2 aliphatic carbocycles. The second-order valence-electron chi connectivity index (χ2n) is 21.3. The van der Waals surface area contributed by atoms with E-state index in [0.717, 1.165) is 11.1 Å². The number of amides is 6. The van der Waals surface area contributed by atoms with Gasteiger partial charge in [0.15, 0.2) is 5.72 Å². The van der Waals surface area contributed by atoms with Crippen molar-refractivity contribution in [3.8, 4) is 5.75 Å². The van der Waals surface area contributed by atoms with E-state index in [1.54, 1.807) is 39.1 Å². The van der Waals surface area contributed by atoms with Crippen LogP contribution in [-0.2, 0) is 63.8 Å². The number of halogens is 1. The van der Waals surface area contributed by atoms with Gasteiger partial charge in [0.05, 0.1) is 36.3 Å². The number of rotatable bonds is 11. The van der Waals surface area contributed by atoms with Crippen LogP contribution in [-0.4, -0.2) is 137 Å². The van der Waals surface area contributed by atoms with Gasteiger partial charge in [-0.1, -0.05) is 35.4 Å². The highest BCUT2D eigenvalue weighted by atomic mass is 35.5. The molecule has 6 amide bonds. The predicted molar refractivity (Wildman–Crippen MR) is 264 cm³/mol. The molecule has 8 aliphatic rings. The van der Waals surface area contributed by atoms with Crippen molar-refractivity contribution < 1.29 is 72.0 Å². The Kier molecular flexibility index (Phi) is 16.4. The van der Waals surface area contributed by atoms with E-state index in [-0.39, 0.29) is 73.7 Å². The molecular weight excluding hydrogens is 988 g/mol. The van der Waals surface area contributed by atoms with Gasteiger partial charge in [-0.3, -0.25) is 39.0 Å². The Morgan fingerprint density at radius 3 is 2.16 bits per heavy atom. The molecule has 0 radical (unpaired) electrons. The van der Waals surface area contributed by atoms with Crippen LogP contribution in [0.4, 0.5) is 10.5 Å². The Morgan fingerprint density at radius 1 is 0.877 bits per heavy atom. The molecule has 19 nitrogen and oxygen atoms in total. The fraction of sp³-hybridized carbons (Fsp3) is 0.654. The third-order valence-corrected chi connectivity index (χ3v) is 17.7. The average molecular weight is 1060 g/mol. The molecule has 398 valence electrons. The summed E-state index contributed by atoms with van der Waals surface area (Å²) in [6, 6.07) is 3.61. The van der Waals surface area contributed by atoms with Crippen LogP contribution in [0.1, 0.15) is 116 Å². The molecule has 21 heteroatoms. The number of nitrogens with one attached hydrogen (secondary N) is 1. The zero-order valence-electron chi connectivity index (χ0n) is 42.3. The maximum absolute atomic E-state index is 14.4. The second-order valence-corrected chi connectivity index (χ2v) is 22.9. The number of nitrogens with zero attached hydrogens (tertiary/aromatic N) is 3. The Balaban J connectivity index is 0.888. The minimum atomic E-state index is -1.87. The van der Waals surface area contributed by atoms with Crippen molar-refractivity contribution in [3.63, 3.8) is 0 Å². The molecule has 1 aromatic carbocycles. The number of esters is 1. The van der Waals surface area contributed by atoms with Gasteiger partial charge in [0.25, 0.3) is 11.8 Å². The lowest BCUT2D eigenvalue weighted by Crippen LogP contribution is -2.72. The lowest BCUT2D eigenvalue weighted by Gasteiger charge is -2.59. The molecule has 4 saturated heterocycles. The largest absolute Gasteiger partial charge is 0.495 e. The number of benzene rings is 1. The van der Waals surface area contributed by atoms with Crippen LogP contribution in [0.15, 0.2) is 35.9 Å². The number of allylic oxidation sites excluding steroid dienone is 3. The lowest BCUT2D eigenvalue weighted by atomic mass is 9.72. The van der Waals surface area contributed by atoms with Crippen LogP contribution in [0, 0.1) is 23.7 Å². The first kappa shape index (κ1) is 54.2. The minimum absolute atomic E-state index is 0.0187. The molecule has 6 bridgehead atoms. The highest BCUT2D eigenvalue weighted by Crippen LogP contribution is 2.51. The maximum atomic E-state index is 14.4. The van der Waals surface area contributed by atoms with Gasteiger partial charge in [-0.25, -0.2) is 9.59 Å². The number of hydroxylamine groups is 2. The third-order valence-electron chi connectivity index (χ3n) is 15.8. The van der Waals surface area contributed by atoms with Gasteiger partial charge in [0.1, 0.15) is 40.3 Å². The van der Waals surface area contributed by atoms with E-state index in [1.165, 1.54) is 35.8 Å². The van der Waals surface area contributed by atoms with Gasteiger partial charge in [-0.2, -0.15) is 0 Å². The summed E-state index contributed by atoms with van der Waals surface area (Å²) >= 11 is 8.31. The van der Waals surface area contributed by atoms with Crippen LogP contribution >= 0.6 is 23.4 Å². The summed E-state index contributed by atoms with van der Waals surface area (Å²) in [6.07, 6.45) is 6.29. The van der Waals surface area contributed by atoms with E-state index >= 15 is 0 Å². The first-order valence-electron chi connectivity index (χ1n) is 25.3. The van der Waals surface area contributed by atoms with Crippen molar-refractivity contribution in [1.82, 2.24) is 15.3 Å². The number of fused-ring (bicyclic) bond motifs is 6. The summed E-state index contributed by atoms with van der Waals surface area (Å²) in [4.78, 5) is 113. The molecule has 6 fully saturated rings. The van der Waals surface area contributed by atoms with E-state index in [1.807, 2.05) is 19.1 Å². The molecule has 6 aliphatic heterocycles. The quantitative estimate of drug-likeness (QED) is 0.194. The normalized spacial score (nSPS) is 35.4. The van der Waals surface area contributed by atoms with Gasteiger partial charge < -0.3 is 38.5 Å². The number of ether oxygens (including phenoxy) is 5. The zero-order chi connectivity index (χ0) is 52.6. The van der Waals surface area contributed by atoms with Gasteiger partial charge >= 0.3 is 18.0 Å². The first-order chi connectivity index (χ1) is 34.6. The van der Waals surface area contributed by atoms with Gasteiger partial charge in [0, 0.05) is 52.8 Å². The van der Waals surface area contributed by atoms with Crippen molar-refractivity contribution >= 4 is 76.6 Å². The molecule has 2 N–H and O–H groups in total. The summed E-state index contributed by atoms with van der Waals surface area (Å²) in [5.41, 5.74) is -2.12. The van der Waals surface area contributed by atoms with Crippen molar-refractivity contribution in [3.05, 3.63) is 46.5 Å². The fourth-order valence-electron chi connectivity index (χ4n) is 11.6. The summed E-state index contributed by atoms with van der Waals surface area (Å²) in [7, 11) is 4.52. The molecule has 0 spiro atoms. The Labute approximate surface area is 434 Å². The van der Waals surface area contributed by atoms with E-state index in [9.17, 15) is 43.5 Å². The van der Waals surface area contributed by atoms with Crippen LogP contribution in [0.3, 0.4) is 0 Å². The number of hydrogen-bond donors (Lipinski definition) is 2. The topological polar surface area (TPSA) is 234 Å². The monoisotopic (exact) mass is 1050 g/mol. The third kappa shape index (κ3) is 11.8. The SMILES string of the molecule is COc1cc2cc(c1Cl)N(C)C(=O)C[C@H](OC(=O)[C@H]1CC[C@H](CSC3CC(=O)N(C[C@H]4CC[C@H](C(=O)ON5C(=O)CCC5=O)CC4)C3=O)CC1)[C@@]1(C)CC(C)(O1)C1C[C@@](O)(NC(=O)O1)[C@H](OC)/C=C/C=C(\C)C2. The van der Waals surface area contributed by atoms with Crippen LogP contribution in [0.5, 0.6) is 5.75 Å². The number of hydrogen-bond acceptors (Lipinski definition) is 16. The molecular formula is C52H67ClN4O15S. The summed E-state index contributed by atoms with van der Waals surface area (Å²) in [5.74, 6) is -2.73. The number of imide groups is 2. The summed E-state index contributed by atoms with van der Waals surface area (Å²) in [6.45, 7) is 5.70. The number of aliphatic hydroxyl groups is 1. The van der Waals surface area contributed by atoms with Gasteiger partial charge in [0.2, 0.25) is 17.7 Å². The Morgan fingerprint density at radius 2 is 1.52 bits per heavy atom. The highest BCUT2D eigenvalue weighted by molar-refractivity contribution is 8.00. The lowest BCUT2D eigenvalue weighted by molar-refractivity contribution is -0.328. The molecule has 6 heterocycles. The maximum Gasteiger partial charge on any atom is 0.409 e. The number of thioether (sulfide) groups is 1. The van der Waals surface area contributed by atoms with E-state index in [0.29, 0.717) is 80.0 Å². The standard InChI is InChI=1S/C52H67ClN4O15S/c1-29-8-7-9-38(68-6)52(66)25-40(70-49(65)54-52)51(3)28-50(2,72-51)39(24-43(60)55(4)35-21-32(20-29)22-36(67-5)45(35)53)69-47(63)33-16-12-31(13-17-33)27-73-37-23-44(61)56(46(37)62)26-30-10-14-34(15-11-30)48(64)71-57-41(58)18-19-42(57)59/h7-9,21-22,30-31,33-34,37-40,66H,10-20,23-28H2,1-6H3,(H,54,65)/b9-7+,29-8+/t30-,31-,33-,34-,37?,38-,39+,40?,50-,51?,52+/m1/s1. The van der Waals surface area contributed by atoms with E-state index in [2.05, 4.69) is 5.32 Å². The highest BCUT2D eigenvalue weighted by Gasteiger charge is 2.63. The average Bonchev–Trinajstić information content (AvgIpc) is 3.81. The van der Waals surface area contributed by atoms with Crippen LogP contribution in [0.25, 0.3) is 0 Å². The van der Waals surface area contributed by atoms with Crippen LogP contribution < -0.4 is 15.0 Å². The number of carbonyl (C=O) groups excluding carboxylic acids is 8. The molecule has 7 atom stereocenters. The number of likely N-dealkylation sites (tertiary alicyclic amines) is 1. The van der Waals surface area contributed by atoms with Crippen molar-refractivity contribution in [1.29, 1.82) is 0 Å². The van der Waals surface area contributed by atoms with Gasteiger partial charge in [-0.15, -0.1) is 16.8 Å². The van der Waals surface area contributed by atoms with E-state index < -0.39 is 88.1 Å². The molecule has 73 heavy (non-hydrogen) atoms. The first-order valence-corrected chi connectivity index (χ1v) is 26.7. The summed E-state index contributed by atoms with van der Waals surface area (Å²) in [5, 5.41) is 14.7. The number of anilines is 1. The predicted octanol–water partition coefficient (Wildman–Crippen LogP) is 5.89. The summed E-state index contributed by atoms with van der Waals surface area (Å²) < 4.78 is 30.0. The Bertz CT molecular complexity index is 2410. The fourth-order valence-corrected chi connectivity index (χ4v) is 13.3. The molecule has 1 aromatic rings. The number of methoxy groups -OCH3 is 2. The minimum Gasteiger partial charge on any atom is -0.495 e. The molecule has 3 unspecified atom stereocenters. The van der Waals surface area contributed by atoms with Crippen LogP contribution in [0.2, 0.25) is 5.02 Å². The molecule has 9 rings (SSSR count). The van der Waals surface area contributed by atoms with Gasteiger partial charge in [-0.05, 0) is 114 Å². The second kappa shape index (κ2) is 22.1. The van der Waals surface area contributed by atoms with Crippen molar-refractivity contribution in [2.45, 2.75) is 158 Å². The molecule has 0 aromatic heterocycles. The van der Waals surface area contributed by atoms with E-state index in [4.69, 9.17) is 40.1 Å². The smallest absolute Gasteiger partial charge is 0.409 e. The van der Waals surface area contributed by atoms with Crippen molar-refractivity contribution in [2.24, 2.45) is 23.7 Å². The zero-order valence-corrected chi connectivity index (χ0v) is 43.9. The Hall–Kier alpha value is -5.02. The molecule has 2 saturated carbocycles. The number of carbonyl (C=O) groups is 8.